The van der Waals surface area contributed by atoms with Crippen LogP contribution in [-0.2, 0) is 4.79 Å². The Kier molecular flexibility index (Phi) is 3.77. The van der Waals surface area contributed by atoms with Crippen LogP contribution in [0, 0.1) is 5.41 Å². The number of carboxylic acids is 1. The number of hydrogen-bond acceptors (Lipinski definition) is 2. The molecule has 0 atom stereocenters. The molecule has 1 saturated carbocycles. The van der Waals surface area contributed by atoms with E-state index >= 15 is 0 Å². The lowest BCUT2D eigenvalue weighted by Gasteiger charge is -2.37. The Morgan fingerprint density at radius 3 is 2.33 bits per heavy atom. The molecule has 0 spiro atoms. The molecule has 88 valence electrons. The van der Waals surface area contributed by atoms with Crippen molar-refractivity contribution in [3.05, 3.63) is 0 Å². The van der Waals surface area contributed by atoms with Gasteiger partial charge in [-0.1, -0.05) is 19.3 Å². The third-order valence-corrected chi connectivity index (χ3v) is 3.49. The minimum atomic E-state index is -0.727. The van der Waals surface area contributed by atoms with Crippen LogP contribution in [0.3, 0.4) is 0 Å². The van der Waals surface area contributed by atoms with E-state index in [0.717, 1.165) is 0 Å². The first-order valence-corrected chi connectivity index (χ1v) is 5.84. The topological polar surface area (TPSA) is 49.3 Å². The van der Waals surface area contributed by atoms with Crippen LogP contribution in [0.15, 0.2) is 0 Å². The van der Waals surface area contributed by atoms with E-state index in [0.29, 0.717) is 6.54 Å². The summed E-state index contributed by atoms with van der Waals surface area (Å²) in [6.45, 7) is 6.31. The fourth-order valence-electron chi connectivity index (χ4n) is 2.02. The third kappa shape index (κ3) is 3.49. The van der Waals surface area contributed by atoms with Crippen molar-refractivity contribution >= 4 is 5.97 Å². The predicted octanol–water partition coefficient (Wildman–Crippen LogP) is 2.41. The van der Waals surface area contributed by atoms with Gasteiger partial charge in [-0.2, -0.15) is 0 Å². The Bertz CT molecular complexity index is 230. The fourth-order valence-corrected chi connectivity index (χ4v) is 2.02. The first-order chi connectivity index (χ1) is 6.86. The summed E-state index contributed by atoms with van der Waals surface area (Å²) >= 11 is 0. The highest BCUT2D eigenvalue weighted by Crippen LogP contribution is 2.28. The summed E-state index contributed by atoms with van der Waals surface area (Å²) in [6, 6.07) is 0. The van der Waals surface area contributed by atoms with Crippen LogP contribution >= 0.6 is 0 Å². The Morgan fingerprint density at radius 2 is 1.87 bits per heavy atom. The third-order valence-electron chi connectivity index (χ3n) is 3.49. The lowest BCUT2D eigenvalue weighted by Crippen LogP contribution is -2.49. The molecule has 0 unspecified atom stereocenters. The molecule has 0 aromatic heterocycles. The van der Waals surface area contributed by atoms with Crippen molar-refractivity contribution in [1.29, 1.82) is 0 Å². The Hall–Kier alpha value is -0.570. The molecule has 0 amide bonds. The van der Waals surface area contributed by atoms with Crippen molar-refractivity contribution in [3.63, 3.8) is 0 Å². The number of hydrogen-bond donors (Lipinski definition) is 2. The molecule has 0 saturated heterocycles. The van der Waals surface area contributed by atoms with E-state index in [9.17, 15) is 4.79 Å². The molecule has 2 N–H and O–H groups in total. The number of aliphatic carboxylic acids is 1. The summed E-state index contributed by atoms with van der Waals surface area (Å²) in [5.41, 5.74) is -0.509. The average molecular weight is 213 g/mol. The van der Waals surface area contributed by atoms with Gasteiger partial charge in [0.25, 0.3) is 0 Å². The maximum absolute atomic E-state index is 11.0. The van der Waals surface area contributed by atoms with E-state index in [1.165, 1.54) is 32.1 Å². The molecule has 1 aliphatic carbocycles. The summed E-state index contributed by atoms with van der Waals surface area (Å²) in [7, 11) is 0. The number of carboxylic acid groups (broad SMARTS) is 1. The maximum atomic E-state index is 11.0. The standard InChI is InChI=1S/C12H23NO2/c1-11(2,10(14)15)9-13-12(3)7-5-4-6-8-12/h13H,4-9H2,1-3H3,(H,14,15). The molecule has 1 fully saturated rings. The number of rotatable bonds is 4. The van der Waals surface area contributed by atoms with Gasteiger partial charge < -0.3 is 10.4 Å². The van der Waals surface area contributed by atoms with Gasteiger partial charge in [-0.15, -0.1) is 0 Å². The van der Waals surface area contributed by atoms with Crippen LogP contribution in [0.5, 0.6) is 0 Å². The zero-order valence-corrected chi connectivity index (χ0v) is 10.1. The highest BCUT2D eigenvalue weighted by molar-refractivity contribution is 5.73. The zero-order valence-electron chi connectivity index (χ0n) is 10.1. The van der Waals surface area contributed by atoms with Gasteiger partial charge in [0.05, 0.1) is 5.41 Å². The van der Waals surface area contributed by atoms with Gasteiger partial charge in [-0.25, -0.2) is 0 Å². The second-order valence-corrected chi connectivity index (χ2v) is 5.66. The molecule has 0 heterocycles. The largest absolute Gasteiger partial charge is 0.481 e. The van der Waals surface area contributed by atoms with Crippen LogP contribution in [0.1, 0.15) is 52.9 Å². The molecule has 1 aliphatic rings. The minimum Gasteiger partial charge on any atom is -0.481 e. The van der Waals surface area contributed by atoms with Crippen molar-refractivity contribution < 1.29 is 9.90 Å². The molecule has 0 aromatic carbocycles. The van der Waals surface area contributed by atoms with E-state index in [-0.39, 0.29) is 5.54 Å². The van der Waals surface area contributed by atoms with Gasteiger partial charge in [0.15, 0.2) is 0 Å². The fraction of sp³-hybridized carbons (Fsp3) is 0.917. The van der Waals surface area contributed by atoms with Crippen molar-refractivity contribution in [3.8, 4) is 0 Å². The Morgan fingerprint density at radius 1 is 1.33 bits per heavy atom. The second kappa shape index (κ2) is 4.52. The Labute approximate surface area is 92.3 Å². The molecule has 3 nitrogen and oxygen atoms in total. The first kappa shape index (κ1) is 12.5. The van der Waals surface area contributed by atoms with Crippen LogP contribution in [0.4, 0.5) is 0 Å². The van der Waals surface area contributed by atoms with Gasteiger partial charge in [-0.05, 0) is 33.6 Å². The van der Waals surface area contributed by atoms with E-state index in [4.69, 9.17) is 5.11 Å². The van der Waals surface area contributed by atoms with Crippen molar-refractivity contribution in [1.82, 2.24) is 5.32 Å². The number of nitrogens with one attached hydrogen (secondary N) is 1. The van der Waals surface area contributed by atoms with Gasteiger partial charge in [-0.3, -0.25) is 4.79 Å². The summed E-state index contributed by atoms with van der Waals surface area (Å²) in [5, 5.41) is 12.5. The maximum Gasteiger partial charge on any atom is 0.310 e. The van der Waals surface area contributed by atoms with E-state index in [1.54, 1.807) is 13.8 Å². The zero-order chi connectivity index (χ0) is 11.5. The van der Waals surface area contributed by atoms with Gasteiger partial charge >= 0.3 is 5.97 Å². The average Bonchev–Trinajstić information content (AvgIpc) is 2.16. The Balaban J connectivity index is 2.44. The summed E-state index contributed by atoms with van der Waals surface area (Å²) in [4.78, 5) is 11.0. The minimum absolute atomic E-state index is 0.158. The van der Waals surface area contributed by atoms with Gasteiger partial charge in [0.2, 0.25) is 0 Å². The highest BCUT2D eigenvalue weighted by atomic mass is 16.4. The smallest absolute Gasteiger partial charge is 0.310 e. The normalized spacial score (nSPS) is 21.3. The second-order valence-electron chi connectivity index (χ2n) is 5.66. The van der Waals surface area contributed by atoms with E-state index in [1.807, 2.05) is 0 Å². The van der Waals surface area contributed by atoms with E-state index < -0.39 is 11.4 Å². The monoisotopic (exact) mass is 213 g/mol. The highest BCUT2D eigenvalue weighted by Gasteiger charge is 2.32. The molecule has 3 heteroatoms. The molecule has 15 heavy (non-hydrogen) atoms. The van der Waals surface area contributed by atoms with Crippen LogP contribution in [0.2, 0.25) is 0 Å². The van der Waals surface area contributed by atoms with Crippen molar-refractivity contribution in [2.75, 3.05) is 6.54 Å². The SMILES string of the molecule is CC1(NCC(C)(C)C(=O)O)CCCCC1. The summed E-state index contributed by atoms with van der Waals surface area (Å²) in [6.07, 6.45) is 6.18. The van der Waals surface area contributed by atoms with Crippen molar-refractivity contribution in [2.24, 2.45) is 5.41 Å². The predicted molar refractivity (Wildman–Crippen MR) is 60.9 cm³/mol. The van der Waals surface area contributed by atoms with Crippen LogP contribution in [-0.4, -0.2) is 23.2 Å². The molecule has 0 bridgehead atoms. The molecule has 0 aliphatic heterocycles. The quantitative estimate of drug-likeness (QED) is 0.754. The van der Waals surface area contributed by atoms with Crippen LogP contribution in [0.25, 0.3) is 0 Å². The lowest BCUT2D eigenvalue weighted by molar-refractivity contribution is -0.146. The summed E-state index contributed by atoms with van der Waals surface area (Å²) in [5.74, 6) is -0.727. The molecule has 1 rings (SSSR count). The van der Waals surface area contributed by atoms with Gasteiger partial charge in [0.1, 0.15) is 0 Å². The lowest BCUT2D eigenvalue weighted by atomic mass is 9.82. The molecular formula is C12H23NO2. The molecular weight excluding hydrogens is 190 g/mol. The number of carbonyl (C=O) groups is 1. The summed E-state index contributed by atoms with van der Waals surface area (Å²) < 4.78 is 0. The molecule has 0 radical (unpaired) electrons. The first-order valence-electron chi connectivity index (χ1n) is 5.84. The van der Waals surface area contributed by atoms with Crippen LogP contribution < -0.4 is 5.32 Å². The van der Waals surface area contributed by atoms with Gasteiger partial charge in [0, 0.05) is 12.1 Å². The molecule has 0 aromatic rings. The van der Waals surface area contributed by atoms with Crippen molar-refractivity contribution in [2.45, 2.75) is 58.4 Å². The van der Waals surface area contributed by atoms with E-state index in [2.05, 4.69) is 12.2 Å².